The molecule has 2 aromatic heterocycles. The molecule has 3 aromatic rings. The normalized spacial score (nSPS) is 16.7. The molecule has 0 bridgehead atoms. The highest BCUT2D eigenvalue weighted by Gasteiger charge is 2.17. The van der Waals surface area contributed by atoms with Crippen LogP contribution in [0.15, 0.2) is 73.1 Å². The number of fused-ring (bicyclic) bond motifs is 1. The van der Waals surface area contributed by atoms with Crippen molar-refractivity contribution in [3.8, 4) is 0 Å². The average Bonchev–Trinajstić information content (AvgIpc) is 2.68. The van der Waals surface area contributed by atoms with E-state index in [0.29, 0.717) is 0 Å². The van der Waals surface area contributed by atoms with E-state index in [4.69, 9.17) is 0 Å². The van der Waals surface area contributed by atoms with Crippen LogP contribution >= 0.6 is 0 Å². The van der Waals surface area contributed by atoms with E-state index in [1.54, 1.807) is 12.4 Å². The highest BCUT2D eigenvalue weighted by Crippen LogP contribution is 2.29. The Hall–Kier alpha value is -2.98. The molecule has 4 heteroatoms. The molecule has 0 saturated heterocycles. The highest BCUT2D eigenvalue weighted by atomic mass is 16.3. The molecule has 0 amide bonds. The second-order valence-corrected chi connectivity index (χ2v) is 5.67. The van der Waals surface area contributed by atoms with E-state index < -0.39 is 0 Å². The zero-order valence-electron chi connectivity index (χ0n) is 13.1. The van der Waals surface area contributed by atoms with E-state index in [0.717, 1.165) is 33.4 Å². The number of rotatable bonds is 3. The smallest absolute Gasteiger partial charge is 0.0943 e. The van der Waals surface area contributed by atoms with Crippen molar-refractivity contribution in [2.24, 2.45) is 0 Å². The lowest BCUT2D eigenvalue weighted by Gasteiger charge is -2.22. The number of hydrogen-bond donors (Lipinski definition) is 2. The van der Waals surface area contributed by atoms with E-state index in [1.807, 2.05) is 54.6 Å². The van der Waals surface area contributed by atoms with E-state index in [2.05, 4.69) is 21.4 Å². The summed E-state index contributed by atoms with van der Waals surface area (Å²) in [7, 11) is 0. The molecule has 118 valence electrons. The molecule has 3 heterocycles. The molecule has 0 fully saturated rings. The van der Waals surface area contributed by atoms with Gasteiger partial charge in [-0.1, -0.05) is 36.4 Å². The topological polar surface area (TPSA) is 58.0 Å². The van der Waals surface area contributed by atoms with Crippen LogP contribution in [-0.4, -0.2) is 15.1 Å². The van der Waals surface area contributed by atoms with Gasteiger partial charge in [0.2, 0.25) is 0 Å². The molecule has 24 heavy (non-hydrogen) atoms. The van der Waals surface area contributed by atoms with Crippen LogP contribution in [0.4, 0.5) is 0 Å². The lowest BCUT2D eigenvalue weighted by molar-refractivity contribution is 0.283. The number of aliphatic hydroxyl groups excluding tert-OH is 1. The fourth-order valence-corrected chi connectivity index (χ4v) is 3.05. The predicted octanol–water partition coefficient (Wildman–Crippen LogP) is 3.36. The minimum absolute atomic E-state index is 0.00421. The Morgan fingerprint density at radius 3 is 2.79 bits per heavy atom. The second-order valence-electron chi connectivity index (χ2n) is 5.67. The van der Waals surface area contributed by atoms with Crippen LogP contribution in [0.3, 0.4) is 0 Å². The number of aromatic nitrogens is 2. The molecule has 4 nitrogen and oxygen atoms in total. The average molecular weight is 315 g/mol. The number of aliphatic hydroxyl groups is 1. The van der Waals surface area contributed by atoms with Gasteiger partial charge in [-0.3, -0.25) is 9.97 Å². The SMILES string of the molecule is OCc1cccc2ccnc(C3=CC=CC(c4ccccn4)N3)c12. The van der Waals surface area contributed by atoms with Crippen LogP contribution in [0.25, 0.3) is 16.5 Å². The highest BCUT2D eigenvalue weighted by molar-refractivity contribution is 5.94. The van der Waals surface area contributed by atoms with Crippen molar-refractivity contribution in [1.82, 2.24) is 15.3 Å². The molecule has 1 unspecified atom stereocenters. The van der Waals surface area contributed by atoms with Gasteiger partial charge in [-0.25, -0.2) is 0 Å². The Morgan fingerprint density at radius 2 is 1.96 bits per heavy atom. The predicted molar refractivity (Wildman–Crippen MR) is 94.9 cm³/mol. The zero-order chi connectivity index (χ0) is 16.4. The molecule has 4 rings (SSSR count). The van der Waals surface area contributed by atoms with Crippen molar-refractivity contribution < 1.29 is 5.11 Å². The number of pyridine rings is 2. The third-order valence-electron chi connectivity index (χ3n) is 4.19. The summed E-state index contributed by atoms with van der Waals surface area (Å²) in [6.45, 7) is -0.0111. The summed E-state index contributed by atoms with van der Waals surface area (Å²) in [5, 5.41) is 15.2. The van der Waals surface area contributed by atoms with Gasteiger partial charge in [0.1, 0.15) is 0 Å². The molecule has 1 atom stereocenters. The van der Waals surface area contributed by atoms with Crippen molar-refractivity contribution in [2.45, 2.75) is 12.6 Å². The first-order valence-corrected chi connectivity index (χ1v) is 7.90. The monoisotopic (exact) mass is 315 g/mol. The largest absolute Gasteiger partial charge is 0.392 e. The molecule has 0 radical (unpaired) electrons. The summed E-state index contributed by atoms with van der Waals surface area (Å²) in [5.74, 6) is 0. The van der Waals surface area contributed by atoms with Gasteiger partial charge in [-0.05, 0) is 35.2 Å². The molecule has 0 aliphatic carbocycles. The van der Waals surface area contributed by atoms with Crippen molar-refractivity contribution >= 4 is 16.5 Å². The fraction of sp³-hybridized carbons (Fsp3) is 0.100. The lowest BCUT2D eigenvalue weighted by Crippen LogP contribution is -2.22. The van der Waals surface area contributed by atoms with Gasteiger partial charge in [-0.15, -0.1) is 0 Å². The van der Waals surface area contributed by atoms with Crippen LogP contribution in [0.1, 0.15) is 23.0 Å². The Morgan fingerprint density at radius 1 is 1.00 bits per heavy atom. The first kappa shape index (κ1) is 14.6. The van der Waals surface area contributed by atoms with Gasteiger partial charge in [0.05, 0.1) is 29.7 Å². The van der Waals surface area contributed by atoms with Gasteiger partial charge >= 0.3 is 0 Å². The van der Waals surface area contributed by atoms with Gasteiger partial charge in [0.25, 0.3) is 0 Å². The zero-order valence-corrected chi connectivity index (χ0v) is 13.1. The van der Waals surface area contributed by atoms with Crippen LogP contribution < -0.4 is 5.32 Å². The maximum Gasteiger partial charge on any atom is 0.0943 e. The van der Waals surface area contributed by atoms with E-state index >= 15 is 0 Å². The van der Waals surface area contributed by atoms with Crippen molar-refractivity contribution in [3.63, 3.8) is 0 Å². The molecule has 2 N–H and O–H groups in total. The summed E-state index contributed by atoms with van der Waals surface area (Å²) >= 11 is 0. The Balaban J connectivity index is 1.78. The quantitative estimate of drug-likeness (QED) is 0.778. The summed E-state index contributed by atoms with van der Waals surface area (Å²) in [5.41, 5.74) is 3.62. The number of hydrogen-bond acceptors (Lipinski definition) is 4. The number of dihydropyridines is 1. The minimum atomic E-state index is -0.0111. The number of nitrogens with zero attached hydrogens (tertiary/aromatic N) is 2. The van der Waals surface area contributed by atoms with Crippen molar-refractivity contribution in [2.75, 3.05) is 0 Å². The van der Waals surface area contributed by atoms with E-state index in [9.17, 15) is 5.11 Å². The Labute approximate surface area is 140 Å². The molecular formula is C20H17N3O. The molecule has 0 spiro atoms. The summed E-state index contributed by atoms with van der Waals surface area (Å²) in [6, 6.07) is 13.8. The van der Waals surface area contributed by atoms with Gasteiger partial charge in [0.15, 0.2) is 0 Å². The molecular weight excluding hydrogens is 298 g/mol. The molecule has 1 aliphatic rings. The minimum Gasteiger partial charge on any atom is -0.392 e. The standard InChI is InChI=1S/C20H17N3O/c24-13-15-6-3-5-14-10-12-22-20(19(14)15)18-9-4-8-17(23-18)16-7-1-2-11-21-16/h1-12,17,23-24H,13H2. The second kappa shape index (κ2) is 6.26. The molecule has 1 aliphatic heterocycles. The van der Waals surface area contributed by atoms with Gasteiger partial charge in [0, 0.05) is 17.8 Å². The van der Waals surface area contributed by atoms with E-state index in [1.165, 1.54) is 0 Å². The summed E-state index contributed by atoms with van der Waals surface area (Å²) < 4.78 is 0. The number of nitrogens with one attached hydrogen (secondary N) is 1. The van der Waals surface area contributed by atoms with Crippen LogP contribution in [0, 0.1) is 0 Å². The van der Waals surface area contributed by atoms with Crippen LogP contribution in [-0.2, 0) is 6.61 Å². The summed E-state index contributed by atoms with van der Waals surface area (Å²) in [6.07, 6.45) is 9.70. The first-order valence-electron chi connectivity index (χ1n) is 7.90. The summed E-state index contributed by atoms with van der Waals surface area (Å²) in [4.78, 5) is 9.00. The van der Waals surface area contributed by atoms with Crippen LogP contribution in [0.5, 0.6) is 0 Å². The maximum absolute atomic E-state index is 9.70. The molecule has 1 aromatic carbocycles. The fourth-order valence-electron chi connectivity index (χ4n) is 3.05. The van der Waals surface area contributed by atoms with Gasteiger partial charge in [-0.2, -0.15) is 0 Å². The first-order chi connectivity index (χ1) is 11.9. The van der Waals surface area contributed by atoms with Crippen LogP contribution in [0.2, 0.25) is 0 Å². The molecule has 0 saturated carbocycles. The third kappa shape index (κ3) is 2.57. The maximum atomic E-state index is 9.70. The van der Waals surface area contributed by atoms with E-state index in [-0.39, 0.29) is 12.6 Å². The third-order valence-corrected chi connectivity index (χ3v) is 4.19. The number of benzene rings is 1. The Kier molecular flexibility index (Phi) is 3.81. The van der Waals surface area contributed by atoms with Crippen molar-refractivity contribution in [3.05, 3.63) is 90.0 Å². The Bertz CT molecular complexity index is 927. The van der Waals surface area contributed by atoms with Crippen molar-refractivity contribution in [1.29, 1.82) is 0 Å². The lowest BCUT2D eigenvalue weighted by atomic mass is 10.00. The number of allylic oxidation sites excluding steroid dienone is 2. The van der Waals surface area contributed by atoms with Gasteiger partial charge < -0.3 is 10.4 Å².